The number of amides is 1. The molecule has 1 amide bonds. The monoisotopic (exact) mass is 241 g/mol. The maximum atomic E-state index is 11.6. The first-order chi connectivity index (χ1) is 7.41. The minimum absolute atomic E-state index is 0.297. The van der Waals surface area contributed by atoms with E-state index in [4.69, 9.17) is 16.7 Å². The lowest BCUT2D eigenvalue weighted by molar-refractivity contribution is -0.135. The summed E-state index contributed by atoms with van der Waals surface area (Å²) in [5.74, 6) is -1.57. The Morgan fingerprint density at radius 3 is 2.44 bits per heavy atom. The van der Waals surface area contributed by atoms with Gasteiger partial charge in [0, 0.05) is 0 Å². The third-order valence-electron chi connectivity index (χ3n) is 2.23. The van der Waals surface area contributed by atoms with E-state index in [0.717, 1.165) is 11.1 Å². The zero-order valence-electron chi connectivity index (χ0n) is 9.00. The minimum atomic E-state index is -1.09. The van der Waals surface area contributed by atoms with Gasteiger partial charge < -0.3 is 10.4 Å². The Balaban J connectivity index is 2.91. The lowest BCUT2D eigenvalue weighted by Crippen LogP contribution is -2.29. The molecule has 0 unspecified atom stereocenters. The summed E-state index contributed by atoms with van der Waals surface area (Å²) in [5, 5.41) is 11.0. The van der Waals surface area contributed by atoms with Gasteiger partial charge in [0.2, 0.25) is 0 Å². The van der Waals surface area contributed by atoms with Crippen molar-refractivity contribution in [2.45, 2.75) is 13.8 Å². The first kappa shape index (κ1) is 12.5. The van der Waals surface area contributed by atoms with Crippen molar-refractivity contribution < 1.29 is 14.7 Å². The Labute approximate surface area is 98.2 Å². The van der Waals surface area contributed by atoms with Crippen molar-refractivity contribution >= 4 is 23.5 Å². The van der Waals surface area contributed by atoms with Crippen LogP contribution in [0.4, 0.5) is 0 Å². The third kappa shape index (κ3) is 2.97. The number of carbonyl (C=O) groups excluding carboxylic acids is 1. The van der Waals surface area contributed by atoms with Crippen molar-refractivity contribution in [1.82, 2.24) is 5.32 Å². The van der Waals surface area contributed by atoms with Gasteiger partial charge in [0.15, 0.2) is 0 Å². The first-order valence-corrected chi connectivity index (χ1v) is 5.06. The van der Waals surface area contributed by atoms with Crippen LogP contribution in [0.2, 0.25) is 5.02 Å². The van der Waals surface area contributed by atoms with Gasteiger partial charge in [-0.15, -0.1) is 0 Å². The number of benzene rings is 1. The SMILES string of the molecule is Cc1cc(Cl)c(C(=O)NCC(=O)O)cc1C. The Bertz CT molecular complexity index is 443. The van der Waals surface area contributed by atoms with Crippen LogP contribution in [0, 0.1) is 13.8 Å². The molecule has 5 heteroatoms. The zero-order chi connectivity index (χ0) is 12.3. The molecule has 2 N–H and O–H groups in total. The fourth-order valence-corrected chi connectivity index (χ4v) is 1.51. The number of aryl methyl sites for hydroxylation is 2. The normalized spacial score (nSPS) is 9.94. The van der Waals surface area contributed by atoms with Crippen LogP contribution in [-0.2, 0) is 4.79 Å². The highest BCUT2D eigenvalue weighted by molar-refractivity contribution is 6.34. The van der Waals surface area contributed by atoms with Crippen molar-refractivity contribution in [3.8, 4) is 0 Å². The lowest BCUT2D eigenvalue weighted by atomic mass is 10.1. The fraction of sp³-hybridized carbons (Fsp3) is 0.273. The second kappa shape index (κ2) is 4.99. The van der Waals surface area contributed by atoms with Gasteiger partial charge in [-0.3, -0.25) is 9.59 Å². The summed E-state index contributed by atoms with van der Waals surface area (Å²) < 4.78 is 0. The highest BCUT2D eigenvalue weighted by atomic mass is 35.5. The first-order valence-electron chi connectivity index (χ1n) is 4.68. The van der Waals surface area contributed by atoms with Crippen LogP contribution in [0.1, 0.15) is 21.5 Å². The Morgan fingerprint density at radius 2 is 1.88 bits per heavy atom. The van der Waals surface area contributed by atoms with Crippen molar-refractivity contribution in [2.75, 3.05) is 6.54 Å². The molecule has 0 radical (unpaired) electrons. The summed E-state index contributed by atoms with van der Waals surface area (Å²) in [4.78, 5) is 21.9. The molecule has 0 saturated heterocycles. The number of hydrogen-bond donors (Lipinski definition) is 2. The van der Waals surface area contributed by atoms with E-state index in [1.54, 1.807) is 12.1 Å². The molecule has 1 rings (SSSR count). The predicted octanol–water partition coefficient (Wildman–Crippen LogP) is 1.77. The summed E-state index contributed by atoms with van der Waals surface area (Å²) in [6, 6.07) is 3.33. The Morgan fingerprint density at radius 1 is 1.31 bits per heavy atom. The van der Waals surface area contributed by atoms with E-state index < -0.39 is 18.4 Å². The summed E-state index contributed by atoms with van der Waals surface area (Å²) >= 11 is 5.90. The molecule has 0 fully saturated rings. The molecular formula is C11H12ClNO3. The van der Waals surface area contributed by atoms with E-state index >= 15 is 0 Å². The molecule has 0 heterocycles. The van der Waals surface area contributed by atoms with Crippen LogP contribution in [-0.4, -0.2) is 23.5 Å². The molecule has 1 aromatic carbocycles. The average molecular weight is 242 g/mol. The molecule has 0 atom stereocenters. The summed E-state index contributed by atoms with van der Waals surface area (Å²) in [6.45, 7) is 3.34. The molecule has 4 nitrogen and oxygen atoms in total. The standard InChI is InChI=1S/C11H12ClNO3/c1-6-3-8(9(12)4-7(6)2)11(16)13-5-10(14)15/h3-4H,5H2,1-2H3,(H,13,16)(H,14,15). The highest BCUT2D eigenvalue weighted by Crippen LogP contribution is 2.20. The number of nitrogens with one attached hydrogen (secondary N) is 1. The van der Waals surface area contributed by atoms with Crippen molar-refractivity contribution in [2.24, 2.45) is 0 Å². The van der Waals surface area contributed by atoms with Gasteiger partial charge in [0.25, 0.3) is 5.91 Å². The van der Waals surface area contributed by atoms with E-state index in [0.29, 0.717) is 10.6 Å². The molecule has 0 aromatic heterocycles. The number of carboxylic acids is 1. The van der Waals surface area contributed by atoms with Crippen LogP contribution in [0.25, 0.3) is 0 Å². The maximum absolute atomic E-state index is 11.6. The van der Waals surface area contributed by atoms with Crippen LogP contribution in [0.15, 0.2) is 12.1 Å². The Kier molecular flexibility index (Phi) is 3.90. The number of rotatable bonds is 3. The molecule has 0 aliphatic heterocycles. The number of aliphatic carboxylic acids is 1. The summed E-state index contributed by atoms with van der Waals surface area (Å²) in [7, 11) is 0. The predicted molar refractivity (Wildman–Crippen MR) is 60.9 cm³/mol. The van der Waals surface area contributed by atoms with Gasteiger partial charge in [-0.25, -0.2) is 0 Å². The van der Waals surface area contributed by atoms with E-state index in [2.05, 4.69) is 5.32 Å². The Hall–Kier alpha value is -1.55. The zero-order valence-corrected chi connectivity index (χ0v) is 9.76. The highest BCUT2D eigenvalue weighted by Gasteiger charge is 2.12. The van der Waals surface area contributed by atoms with E-state index in [9.17, 15) is 9.59 Å². The van der Waals surface area contributed by atoms with Gasteiger partial charge in [0.1, 0.15) is 6.54 Å². The van der Waals surface area contributed by atoms with Crippen LogP contribution in [0.5, 0.6) is 0 Å². The summed E-state index contributed by atoms with van der Waals surface area (Å²) in [6.07, 6.45) is 0. The number of hydrogen-bond acceptors (Lipinski definition) is 2. The maximum Gasteiger partial charge on any atom is 0.322 e. The second-order valence-corrected chi connectivity index (χ2v) is 3.90. The topological polar surface area (TPSA) is 66.4 Å². The molecule has 0 saturated carbocycles. The smallest absolute Gasteiger partial charge is 0.322 e. The molecule has 86 valence electrons. The van der Waals surface area contributed by atoms with Crippen molar-refractivity contribution in [1.29, 1.82) is 0 Å². The largest absolute Gasteiger partial charge is 0.480 e. The molecule has 0 aliphatic carbocycles. The summed E-state index contributed by atoms with van der Waals surface area (Å²) in [5.41, 5.74) is 2.22. The van der Waals surface area contributed by atoms with Crippen molar-refractivity contribution in [3.05, 3.63) is 33.8 Å². The van der Waals surface area contributed by atoms with Crippen LogP contribution in [0.3, 0.4) is 0 Å². The quantitative estimate of drug-likeness (QED) is 0.848. The van der Waals surface area contributed by atoms with Crippen LogP contribution >= 0.6 is 11.6 Å². The van der Waals surface area contributed by atoms with E-state index in [1.807, 2.05) is 13.8 Å². The van der Waals surface area contributed by atoms with Gasteiger partial charge >= 0.3 is 5.97 Å². The second-order valence-electron chi connectivity index (χ2n) is 3.49. The molecule has 0 spiro atoms. The molecule has 0 bridgehead atoms. The number of carboxylic acid groups (broad SMARTS) is 1. The third-order valence-corrected chi connectivity index (χ3v) is 2.54. The van der Waals surface area contributed by atoms with Crippen LogP contribution < -0.4 is 5.32 Å². The van der Waals surface area contributed by atoms with Gasteiger partial charge in [-0.2, -0.15) is 0 Å². The van der Waals surface area contributed by atoms with Crippen molar-refractivity contribution in [3.63, 3.8) is 0 Å². The van der Waals surface area contributed by atoms with E-state index in [1.165, 1.54) is 0 Å². The molecule has 0 aliphatic rings. The van der Waals surface area contributed by atoms with Gasteiger partial charge in [-0.05, 0) is 37.1 Å². The lowest BCUT2D eigenvalue weighted by Gasteiger charge is -2.07. The fourth-order valence-electron chi connectivity index (χ4n) is 1.21. The van der Waals surface area contributed by atoms with Gasteiger partial charge in [0.05, 0.1) is 10.6 Å². The number of carbonyl (C=O) groups is 2. The molecular weight excluding hydrogens is 230 g/mol. The van der Waals surface area contributed by atoms with Gasteiger partial charge in [-0.1, -0.05) is 11.6 Å². The molecule has 16 heavy (non-hydrogen) atoms. The van der Waals surface area contributed by atoms with E-state index in [-0.39, 0.29) is 0 Å². The average Bonchev–Trinajstić information content (AvgIpc) is 2.20. The number of halogens is 1. The minimum Gasteiger partial charge on any atom is -0.480 e. The molecule has 1 aromatic rings.